The molecule has 0 unspecified atom stereocenters. The molecule has 1 aliphatic rings. The summed E-state index contributed by atoms with van der Waals surface area (Å²) in [5.74, 6) is 1.44. The first kappa shape index (κ1) is 16.4. The maximum atomic E-state index is 9.99. The number of furan rings is 1. The van der Waals surface area contributed by atoms with Gasteiger partial charge in [-0.25, -0.2) is 4.98 Å². The second-order valence-electron chi connectivity index (χ2n) is 5.90. The fourth-order valence-electron chi connectivity index (χ4n) is 2.72. The number of aliphatic hydroxyl groups is 3. The lowest BCUT2D eigenvalue weighted by atomic mass is 10.1. The predicted octanol–water partition coefficient (Wildman–Crippen LogP) is 2.03. The first-order chi connectivity index (χ1) is 12.1. The molecule has 0 spiro atoms. The monoisotopic (exact) mass is 359 g/mol. The van der Waals surface area contributed by atoms with E-state index in [0.29, 0.717) is 23.0 Å². The van der Waals surface area contributed by atoms with Crippen LogP contribution >= 0.6 is 11.8 Å². The van der Waals surface area contributed by atoms with Crippen molar-refractivity contribution in [2.45, 2.75) is 23.7 Å². The maximum Gasteiger partial charge on any atom is 0.173 e. The summed E-state index contributed by atoms with van der Waals surface area (Å²) >= 11 is 1.25. The van der Waals surface area contributed by atoms with Crippen LogP contribution in [0.3, 0.4) is 0 Å². The Bertz CT molecular complexity index is 832. The molecule has 3 heterocycles. The number of hydrogen-bond acceptors (Lipinski definition) is 7. The lowest BCUT2D eigenvalue weighted by Gasteiger charge is -2.34. The lowest BCUT2D eigenvalue weighted by Crippen LogP contribution is -2.50. The molecular weight excluding hydrogens is 342 g/mol. The number of thioether (sulfide) groups is 1. The van der Waals surface area contributed by atoms with E-state index in [1.165, 1.54) is 11.8 Å². The zero-order valence-corrected chi connectivity index (χ0v) is 14.0. The molecule has 3 N–H and O–H groups in total. The minimum Gasteiger partial charge on any atom is -0.475 e. The number of pyridine rings is 1. The van der Waals surface area contributed by atoms with Crippen LogP contribution in [0.4, 0.5) is 0 Å². The lowest BCUT2D eigenvalue weighted by molar-refractivity contribution is -0.0786. The molecule has 2 aromatic heterocycles. The van der Waals surface area contributed by atoms with E-state index < -0.39 is 23.7 Å². The van der Waals surface area contributed by atoms with Crippen molar-refractivity contribution in [1.29, 1.82) is 0 Å². The molecule has 0 aliphatic carbocycles. The molecule has 7 heteroatoms. The van der Waals surface area contributed by atoms with E-state index in [-0.39, 0.29) is 0 Å². The Morgan fingerprint density at radius 3 is 2.68 bits per heavy atom. The summed E-state index contributed by atoms with van der Waals surface area (Å²) in [7, 11) is 0. The van der Waals surface area contributed by atoms with Crippen LogP contribution < -0.4 is 4.74 Å². The molecule has 3 aromatic rings. The fourth-order valence-corrected chi connectivity index (χ4v) is 3.84. The van der Waals surface area contributed by atoms with Gasteiger partial charge in [0.05, 0.1) is 12.3 Å². The minimum atomic E-state index is -1.21. The molecule has 1 fully saturated rings. The normalized spacial score (nSPS) is 26.7. The first-order valence-electron chi connectivity index (χ1n) is 7.89. The number of fused-ring (bicyclic) bond motifs is 1. The van der Waals surface area contributed by atoms with Crippen LogP contribution in [-0.2, 0) is 0 Å². The SMILES string of the molecule is O[C@@H]1[C@@H](O)[C@H](Oc2ccc(-c3cc4ccccc4o3)nc2)SC[C@H]1O. The molecule has 4 atom stereocenters. The van der Waals surface area contributed by atoms with E-state index in [9.17, 15) is 15.3 Å². The fraction of sp³-hybridized carbons (Fsp3) is 0.278. The highest BCUT2D eigenvalue weighted by Gasteiger charge is 2.38. The summed E-state index contributed by atoms with van der Waals surface area (Å²) in [5.41, 5.74) is 0.821. The van der Waals surface area contributed by atoms with Gasteiger partial charge in [-0.15, -0.1) is 11.8 Å². The number of aliphatic hydroxyl groups excluding tert-OH is 3. The molecule has 0 bridgehead atoms. The van der Waals surface area contributed by atoms with Crippen molar-refractivity contribution in [2.24, 2.45) is 0 Å². The highest BCUT2D eigenvalue weighted by molar-refractivity contribution is 7.99. The van der Waals surface area contributed by atoms with Gasteiger partial charge in [0.25, 0.3) is 0 Å². The van der Waals surface area contributed by atoms with Crippen LogP contribution in [0.2, 0.25) is 0 Å². The van der Waals surface area contributed by atoms with Crippen molar-refractivity contribution in [3.8, 4) is 17.2 Å². The zero-order valence-electron chi connectivity index (χ0n) is 13.1. The van der Waals surface area contributed by atoms with E-state index in [1.807, 2.05) is 30.3 Å². The summed E-state index contributed by atoms with van der Waals surface area (Å²) in [6.45, 7) is 0. The first-order valence-corrected chi connectivity index (χ1v) is 8.94. The third kappa shape index (κ3) is 3.23. The second kappa shape index (κ2) is 6.68. The van der Waals surface area contributed by atoms with Crippen molar-refractivity contribution < 1.29 is 24.5 Å². The third-order valence-corrected chi connectivity index (χ3v) is 5.36. The van der Waals surface area contributed by atoms with Gasteiger partial charge in [0, 0.05) is 11.1 Å². The summed E-state index contributed by atoms with van der Waals surface area (Å²) < 4.78 is 11.5. The van der Waals surface area contributed by atoms with Crippen LogP contribution in [0.25, 0.3) is 22.4 Å². The molecule has 0 amide bonds. The molecule has 130 valence electrons. The number of ether oxygens (including phenoxy) is 1. The Morgan fingerprint density at radius 1 is 1.08 bits per heavy atom. The van der Waals surface area contributed by atoms with Gasteiger partial charge >= 0.3 is 0 Å². The van der Waals surface area contributed by atoms with Gasteiger partial charge < -0.3 is 24.5 Å². The topological polar surface area (TPSA) is 96.0 Å². The maximum absolute atomic E-state index is 9.99. The molecular formula is C18H17NO5S. The Hall–Kier alpha value is -2.06. The van der Waals surface area contributed by atoms with Gasteiger partial charge in [0.1, 0.15) is 29.2 Å². The standard InChI is InChI=1S/C18H17NO5S/c20-13-9-25-18(17(22)16(13)21)23-11-5-6-12(19-8-11)15-7-10-3-1-2-4-14(10)24-15/h1-8,13,16-18,20-22H,9H2/t13-,16+,17-,18-/m1/s1. The molecule has 4 rings (SSSR count). The summed E-state index contributed by atoms with van der Waals surface area (Å²) in [6, 6.07) is 13.2. The Balaban J connectivity index is 1.50. The Labute approximate surface area is 148 Å². The van der Waals surface area contributed by atoms with Crippen LogP contribution in [0.15, 0.2) is 53.1 Å². The Morgan fingerprint density at radius 2 is 1.92 bits per heavy atom. The quantitative estimate of drug-likeness (QED) is 0.658. The second-order valence-corrected chi connectivity index (χ2v) is 7.03. The zero-order chi connectivity index (χ0) is 17.4. The number of rotatable bonds is 3. The summed E-state index contributed by atoms with van der Waals surface area (Å²) in [6.07, 6.45) is -1.78. The highest BCUT2D eigenvalue weighted by atomic mass is 32.2. The summed E-state index contributed by atoms with van der Waals surface area (Å²) in [5, 5.41) is 30.3. The molecule has 1 aliphatic heterocycles. The minimum absolute atomic E-state index is 0.299. The third-order valence-electron chi connectivity index (χ3n) is 4.12. The average Bonchev–Trinajstić information content (AvgIpc) is 3.07. The van der Waals surface area contributed by atoms with Gasteiger partial charge in [-0.2, -0.15) is 0 Å². The van der Waals surface area contributed by atoms with Crippen LogP contribution in [-0.4, -0.2) is 49.8 Å². The van der Waals surface area contributed by atoms with Gasteiger partial charge in [0.15, 0.2) is 11.2 Å². The van der Waals surface area contributed by atoms with Gasteiger partial charge in [-0.1, -0.05) is 18.2 Å². The van der Waals surface area contributed by atoms with E-state index in [2.05, 4.69) is 4.98 Å². The average molecular weight is 359 g/mol. The van der Waals surface area contributed by atoms with Gasteiger partial charge in [0.2, 0.25) is 0 Å². The van der Waals surface area contributed by atoms with Gasteiger partial charge in [-0.3, -0.25) is 0 Å². The van der Waals surface area contributed by atoms with Crippen molar-refractivity contribution in [1.82, 2.24) is 4.98 Å². The largest absolute Gasteiger partial charge is 0.475 e. The van der Waals surface area contributed by atoms with Crippen molar-refractivity contribution >= 4 is 22.7 Å². The van der Waals surface area contributed by atoms with E-state index in [1.54, 1.807) is 18.3 Å². The van der Waals surface area contributed by atoms with Crippen LogP contribution in [0.5, 0.6) is 5.75 Å². The number of aromatic nitrogens is 1. The molecule has 25 heavy (non-hydrogen) atoms. The molecule has 1 saturated heterocycles. The summed E-state index contributed by atoms with van der Waals surface area (Å²) in [4.78, 5) is 4.35. The molecule has 0 saturated carbocycles. The van der Waals surface area contributed by atoms with Gasteiger partial charge in [-0.05, 0) is 24.3 Å². The van der Waals surface area contributed by atoms with E-state index in [4.69, 9.17) is 9.15 Å². The van der Waals surface area contributed by atoms with E-state index in [0.717, 1.165) is 11.0 Å². The van der Waals surface area contributed by atoms with Crippen molar-refractivity contribution in [3.63, 3.8) is 0 Å². The van der Waals surface area contributed by atoms with E-state index >= 15 is 0 Å². The predicted molar refractivity (Wildman–Crippen MR) is 94.3 cm³/mol. The number of nitrogens with zero attached hydrogens (tertiary/aromatic N) is 1. The highest BCUT2D eigenvalue weighted by Crippen LogP contribution is 2.30. The number of benzene rings is 1. The molecule has 1 aromatic carbocycles. The van der Waals surface area contributed by atoms with Crippen LogP contribution in [0.1, 0.15) is 0 Å². The van der Waals surface area contributed by atoms with Crippen molar-refractivity contribution in [2.75, 3.05) is 5.75 Å². The molecule has 0 radical (unpaired) electrons. The Kier molecular flexibility index (Phi) is 4.39. The number of hydrogen-bond donors (Lipinski definition) is 3. The van der Waals surface area contributed by atoms with Crippen molar-refractivity contribution in [3.05, 3.63) is 48.7 Å². The smallest absolute Gasteiger partial charge is 0.173 e. The van der Waals surface area contributed by atoms with Crippen LogP contribution in [0, 0.1) is 0 Å². The molecule has 6 nitrogen and oxygen atoms in total. The number of para-hydroxylation sites is 1.